The fraction of sp³-hybridized carbons (Fsp3) is 0.409. The van der Waals surface area contributed by atoms with Gasteiger partial charge >= 0.3 is 0 Å². The fourth-order valence-corrected chi connectivity index (χ4v) is 4.12. The van der Waals surface area contributed by atoms with Gasteiger partial charge in [-0.25, -0.2) is 0 Å². The van der Waals surface area contributed by atoms with Crippen LogP contribution in [-0.4, -0.2) is 25.7 Å². The van der Waals surface area contributed by atoms with Crippen LogP contribution in [0.5, 0.6) is 5.75 Å². The van der Waals surface area contributed by atoms with E-state index < -0.39 is 5.79 Å². The van der Waals surface area contributed by atoms with Crippen LogP contribution in [0, 0.1) is 0 Å². The summed E-state index contributed by atoms with van der Waals surface area (Å²) in [7, 11) is 0. The number of rotatable bonds is 6. The number of carbonyl (C=O) groups excluding carboxylic acids is 1. The highest BCUT2D eigenvalue weighted by Crippen LogP contribution is 2.50. The lowest BCUT2D eigenvalue weighted by Crippen LogP contribution is -2.47. The monoisotopic (exact) mass is 435 g/mol. The van der Waals surface area contributed by atoms with Crippen molar-refractivity contribution in [3.05, 3.63) is 57.6 Å². The number of ether oxygens (including phenoxy) is 3. The van der Waals surface area contributed by atoms with Gasteiger partial charge in [0.2, 0.25) is 0 Å². The Bertz CT molecular complexity index is 912. The van der Waals surface area contributed by atoms with Crippen molar-refractivity contribution in [3.8, 4) is 5.75 Å². The molecule has 2 aromatic carbocycles. The number of hydrogen-bond donors (Lipinski definition) is 0. The van der Waals surface area contributed by atoms with Crippen molar-refractivity contribution >= 4 is 34.8 Å². The van der Waals surface area contributed by atoms with E-state index in [0.717, 1.165) is 30.6 Å². The van der Waals surface area contributed by atoms with Crippen molar-refractivity contribution < 1.29 is 19.0 Å². The normalized spacial score (nSPS) is 17.6. The predicted octanol–water partition coefficient (Wildman–Crippen LogP) is 5.31. The van der Waals surface area contributed by atoms with Gasteiger partial charge < -0.3 is 19.1 Å². The highest BCUT2D eigenvalue weighted by atomic mass is 35.5. The third kappa shape index (κ3) is 3.61. The van der Waals surface area contributed by atoms with Gasteiger partial charge in [-0.3, -0.25) is 4.79 Å². The minimum atomic E-state index is -1.46. The molecule has 4 rings (SSSR count). The summed E-state index contributed by atoms with van der Waals surface area (Å²) in [6.45, 7) is 3.90. The van der Waals surface area contributed by atoms with Gasteiger partial charge in [-0.1, -0.05) is 54.7 Å². The minimum Gasteiger partial charge on any atom is -0.493 e. The molecule has 0 unspecified atom stereocenters. The van der Waals surface area contributed by atoms with Crippen molar-refractivity contribution in [1.29, 1.82) is 0 Å². The SMILES string of the molecule is CCCCOc1ccccc1CN1C(=O)C2(OCCCO2)c2ccc(Cl)c(Cl)c21. The molecule has 2 aliphatic rings. The Hall–Kier alpha value is -1.79. The van der Waals surface area contributed by atoms with Crippen LogP contribution in [0.4, 0.5) is 5.69 Å². The highest BCUT2D eigenvalue weighted by molar-refractivity contribution is 6.44. The standard InChI is InChI=1S/C22H23Cl2NO4/c1-2-3-11-27-18-8-5-4-7-15(18)14-25-20-16(9-10-17(23)19(20)24)22(21(25)26)28-12-6-13-29-22/h4-5,7-10H,2-3,6,11-14H2,1H3. The van der Waals surface area contributed by atoms with Crippen molar-refractivity contribution in [1.82, 2.24) is 0 Å². The molecule has 2 aliphatic heterocycles. The van der Waals surface area contributed by atoms with Gasteiger partial charge in [-0.15, -0.1) is 0 Å². The third-order valence-electron chi connectivity index (χ3n) is 5.18. The quantitative estimate of drug-likeness (QED) is 0.576. The molecule has 29 heavy (non-hydrogen) atoms. The summed E-state index contributed by atoms with van der Waals surface area (Å²) in [4.78, 5) is 15.1. The number of carbonyl (C=O) groups is 1. The Morgan fingerprint density at radius 2 is 1.90 bits per heavy atom. The van der Waals surface area contributed by atoms with Crippen LogP contribution < -0.4 is 9.64 Å². The number of nitrogens with zero attached hydrogens (tertiary/aromatic N) is 1. The number of fused-ring (bicyclic) bond motifs is 2. The molecule has 1 saturated heterocycles. The van der Waals surface area contributed by atoms with Crippen LogP contribution in [0.15, 0.2) is 36.4 Å². The Kier molecular flexibility index (Phi) is 6.02. The van der Waals surface area contributed by atoms with Crippen molar-refractivity contribution in [2.24, 2.45) is 0 Å². The van der Waals surface area contributed by atoms with Gasteiger partial charge in [0.05, 0.1) is 42.1 Å². The summed E-state index contributed by atoms with van der Waals surface area (Å²) in [6, 6.07) is 11.1. The molecule has 1 spiro atoms. The molecule has 5 nitrogen and oxygen atoms in total. The molecule has 2 heterocycles. The third-order valence-corrected chi connectivity index (χ3v) is 5.97. The van der Waals surface area contributed by atoms with Crippen molar-refractivity contribution in [2.75, 3.05) is 24.7 Å². The van der Waals surface area contributed by atoms with Gasteiger partial charge in [0.15, 0.2) is 0 Å². The number of hydrogen-bond acceptors (Lipinski definition) is 4. The number of amides is 1. The number of para-hydroxylation sites is 1. The Balaban J connectivity index is 1.72. The number of unbranched alkanes of at least 4 members (excludes halogenated alkanes) is 1. The summed E-state index contributed by atoms with van der Waals surface area (Å²) in [5.74, 6) is -1.00. The molecule has 0 aliphatic carbocycles. The van der Waals surface area contributed by atoms with Gasteiger partial charge in [-0.2, -0.15) is 0 Å². The van der Waals surface area contributed by atoms with Gasteiger partial charge in [0, 0.05) is 11.1 Å². The van der Waals surface area contributed by atoms with Gasteiger partial charge in [0.25, 0.3) is 11.7 Å². The Morgan fingerprint density at radius 1 is 1.14 bits per heavy atom. The lowest BCUT2D eigenvalue weighted by molar-refractivity contribution is -0.256. The molecule has 0 saturated carbocycles. The molecule has 7 heteroatoms. The summed E-state index contributed by atoms with van der Waals surface area (Å²) >= 11 is 12.8. The lowest BCUT2D eigenvalue weighted by Gasteiger charge is -2.32. The second-order valence-corrected chi connectivity index (χ2v) is 7.91. The van der Waals surface area contributed by atoms with E-state index in [9.17, 15) is 4.79 Å². The maximum absolute atomic E-state index is 13.5. The summed E-state index contributed by atoms with van der Waals surface area (Å²) in [6.07, 6.45) is 2.75. The first-order chi connectivity index (χ1) is 14.1. The van der Waals surface area contributed by atoms with E-state index >= 15 is 0 Å². The molecular weight excluding hydrogens is 413 g/mol. The van der Waals surface area contributed by atoms with E-state index in [4.69, 9.17) is 37.4 Å². The largest absolute Gasteiger partial charge is 0.493 e. The molecule has 0 radical (unpaired) electrons. The fourth-order valence-electron chi connectivity index (χ4n) is 3.70. The Labute approximate surface area is 180 Å². The first kappa shape index (κ1) is 20.5. The van der Waals surface area contributed by atoms with Crippen molar-refractivity contribution in [2.45, 2.75) is 38.5 Å². The first-order valence-electron chi connectivity index (χ1n) is 9.87. The van der Waals surface area contributed by atoms with E-state index in [0.29, 0.717) is 41.1 Å². The lowest BCUT2D eigenvalue weighted by atomic mass is 10.1. The molecule has 2 aromatic rings. The van der Waals surface area contributed by atoms with Crippen molar-refractivity contribution in [3.63, 3.8) is 0 Å². The zero-order valence-electron chi connectivity index (χ0n) is 16.2. The smallest absolute Gasteiger partial charge is 0.292 e. The Morgan fingerprint density at radius 3 is 2.66 bits per heavy atom. The molecule has 154 valence electrons. The van der Waals surface area contributed by atoms with Gasteiger partial charge in [0.1, 0.15) is 5.75 Å². The second-order valence-electron chi connectivity index (χ2n) is 7.13. The minimum absolute atomic E-state index is 0.280. The molecule has 0 bridgehead atoms. The van der Waals surface area contributed by atoms with Crippen LogP contribution in [-0.2, 0) is 26.6 Å². The van der Waals surface area contributed by atoms with Gasteiger partial charge in [-0.05, 0) is 31.0 Å². The van der Waals surface area contributed by atoms with Crippen LogP contribution in [0.1, 0.15) is 37.3 Å². The molecule has 0 aromatic heterocycles. The predicted molar refractivity (Wildman–Crippen MR) is 113 cm³/mol. The topological polar surface area (TPSA) is 48.0 Å². The van der Waals surface area contributed by atoms with Crippen LogP contribution in [0.2, 0.25) is 10.0 Å². The van der Waals surface area contributed by atoms with Crippen LogP contribution in [0.3, 0.4) is 0 Å². The first-order valence-corrected chi connectivity index (χ1v) is 10.6. The molecule has 0 atom stereocenters. The highest BCUT2D eigenvalue weighted by Gasteiger charge is 2.55. The van der Waals surface area contributed by atoms with E-state index in [-0.39, 0.29) is 12.5 Å². The zero-order valence-corrected chi connectivity index (χ0v) is 17.8. The number of anilines is 1. The van der Waals surface area contributed by atoms with E-state index in [1.165, 1.54) is 0 Å². The summed E-state index contributed by atoms with van der Waals surface area (Å²) in [5, 5.41) is 0.695. The summed E-state index contributed by atoms with van der Waals surface area (Å²) in [5.41, 5.74) is 2.02. The van der Waals surface area contributed by atoms with Crippen LogP contribution in [0.25, 0.3) is 0 Å². The van der Waals surface area contributed by atoms with E-state index in [1.54, 1.807) is 17.0 Å². The van der Waals surface area contributed by atoms with E-state index in [1.807, 2.05) is 24.3 Å². The summed E-state index contributed by atoms with van der Waals surface area (Å²) < 4.78 is 17.7. The molecule has 1 amide bonds. The molecular formula is C22H23Cl2NO4. The number of halogens is 2. The van der Waals surface area contributed by atoms with Crippen LogP contribution >= 0.6 is 23.2 Å². The van der Waals surface area contributed by atoms with E-state index in [2.05, 4.69) is 6.92 Å². The second kappa shape index (κ2) is 8.52. The average Bonchev–Trinajstić information content (AvgIpc) is 2.95. The maximum Gasteiger partial charge on any atom is 0.292 e. The molecule has 1 fully saturated rings. The number of benzene rings is 2. The zero-order chi connectivity index (χ0) is 20.4. The maximum atomic E-state index is 13.5. The average molecular weight is 436 g/mol. The molecule has 0 N–H and O–H groups in total.